The predicted octanol–water partition coefficient (Wildman–Crippen LogP) is 5.25. The molecule has 1 aliphatic carbocycles. The molecule has 3 nitrogen and oxygen atoms in total. The molecule has 0 amide bonds. The SMILES string of the molecule is COc1cc(CNC2CC2)ccc1OCc1c(Cl)cccc1Cl.Cl. The van der Waals surface area contributed by atoms with E-state index in [9.17, 15) is 0 Å². The Morgan fingerprint density at radius 3 is 2.42 bits per heavy atom. The summed E-state index contributed by atoms with van der Waals surface area (Å²) in [6, 6.07) is 12.1. The van der Waals surface area contributed by atoms with Gasteiger partial charge in [0.15, 0.2) is 11.5 Å². The molecule has 1 aliphatic rings. The Morgan fingerprint density at radius 2 is 1.79 bits per heavy atom. The Labute approximate surface area is 158 Å². The number of rotatable bonds is 7. The molecule has 1 fully saturated rings. The lowest BCUT2D eigenvalue weighted by molar-refractivity contribution is 0.284. The molecule has 0 heterocycles. The van der Waals surface area contributed by atoms with E-state index in [1.165, 1.54) is 18.4 Å². The molecule has 0 unspecified atom stereocenters. The van der Waals surface area contributed by atoms with E-state index in [0.717, 1.165) is 12.1 Å². The van der Waals surface area contributed by atoms with Gasteiger partial charge in [-0.1, -0.05) is 35.3 Å². The van der Waals surface area contributed by atoms with Crippen LogP contribution in [0.15, 0.2) is 36.4 Å². The second-order valence-electron chi connectivity index (χ2n) is 5.63. The van der Waals surface area contributed by atoms with Gasteiger partial charge in [-0.2, -0.15) is 0 Å². The molecule has 0 saturated heterocycles. The molecule has 0 aromatic heterocycles. The average Bonchev–Trinajstić information content (AvgIpc) is 3.37. The van der Waals surface area contributed by atoms with Gasteiger partial charge in [-0.25, -0.2) is 0 Å². The minimum absolute atomic E-state index is 0. The number of hydrogen-bond donors (Lipinski definition) is 1. The average molecular weight is 389 g/mol. The number of benzene rings is 2. The summed E-state index contributed by atoms with van der Waals surface area (Å²) in [5, 5.41) is 4.68. The molecule has 1 N–H and O–H groups in total. The van der Waals surface area contributed by atoms with E-state index in [1.54, 1.807) is 19.2 Å². The zero-order chi connectivity index (χ0) is 16.2. The summed E-state index contributed by atoms with van der Waals surface area (Å²) in [7, 11) is 1.64. The van der Waals surface area contributed by atoms with Crippen molar-refractivity contribution in [2.45, 2.75) is 32.0 Å². The van der Waals surface area contributed by atoms with Gasteiger partial charge in [0.1, 0.15) is 6.61 Å². The standard InChI is InChI=1S/C18H19Cl2NO2.ClH/c1-22-18-9-12(10-21-13-6-7-13)5-8-17(18)23-11-14-15(19)3-2-4-16(14)20;/h2-5,8-9,13,21H,6-7,10-11H2,1H3;1H. The highest BCUT2D eigenvalue weighted by atomic mass is 35.5. The van der Waals surface area contributed by atoms with Gasteiger partial charge in [-0.05, 0) is 42.7 Å². The van der Waals surface area contributed by atoms with Crippen LogP contribution < -0.4 is 14.8 Å². The summed E-state index contributed by atoms with van der Waals surface area (Å²) in [6.07, 6.45) is 2.55. The third-order valence-electron chi connectivity index (χ3n) is 3.83. The largest absolute Gasteiger partial charge is 0.493 e. The summed E-state index contributed by atoms with van der Waals surface area (Å²) in [4.78, 5) is 0. The Balaban J connectivity index is 0.00000208. The molecule has 0 radical (unpaired) electrons. The van der Waals surface area contributed by atoms with Crippen molar-refractivity contribution in [2.24, 2.45) is 0 Å². The molecule has 0 bridgehead atoms. The molecule has 0 atom stereocenters. The van der Waals surface area contributed by atoms with Crippen molar-refractivity contribution < 1.29 is 9.47 Å². The van der Waals surface area contributed by atoms with Crippen molar-refractivity contribution in [1.82, 2.24) is 5.32 Å². The number of hydrogen-bond acceptors (Lipinski definition) is 3. The van der Waals surface area contributed by atoms with Gasteiger partial charge in [0.05, 0.1) is 7.11 Å². The third kappa shape index (κ3) is 4.93. The summed E-state index contributed by atoms with van der Waals surface area (Å²) in [6.45, 7) is 1.15. The minimum atomic E-state index is 0. The fourth-order valence-electron chi connectivity index (χ4n) is 2.31. The summed E-state index contributed by atoms with van der Waals surface area (Å²) in [5.74, 6) is 1.39. The first-order valence-electron chi connectivity index (χ1n) is 7.63. The number of nitrogens with one attached hydrogen (secondary N) is 1. The van der Waals surface area contributed by atoms with Crippen LogP contribution in [0.5, 0.6) is 11.5 Å². The first-order valence-corrected chi connectivity index (χ1v) is 8.39. The van der Waals surface area contributed by atoms with Crippen LogP contribution in [-0.2, 0) is 13.2 Å². The molecule has 24 heavy (non-hydrogen) atoms. The van der Waals surface area contributed by atoms with E-state index in [2.05, 4.69) is 5.32 Å². The maximum absolute atomic E-state index is 6.17. The molecule has 2 aromatic rings. The quantitative estimate of drug-likeness (QED) is 0.702. The van der Waals surface area contributed by atoms with Gasteiger partial charge in [-0.15, -0.1) is 12.4 Å². The van der Waals surface area contributed by atoms with E-state index < -0.39 is 0 Å². The third-order valence-corrected chi connectivity index (χ3v) is 4.54. The smallest absolute Gasteiger partial charge is 0.161 e. The molecule has 0 spiro atoms. The minimum Gasteiger partial charge on any atom is -0.493 e. The molecule has 1 saturated carbocycles. The van der Waals surface area contributed by atoms with Crippen LogP contribution in [0.1, 0.15) is 24.0 Å². The first-order chi connectivity index (χ1) is 11.2. The van der Waals surface area contributed by atoms with Gasteiger partial charge in [0.2, 0.25) is 0 Å². The Bertz CT molecular complexity index is 670. The van der Waals surface area contributed by atoms with Crippen molar-refractivity contribution in [3.8, 4) is 11.5 Å². The van der Waals surface area contributed by atoms with Crippen molar-refractivity contribution in [3.63, 3.8) is 0 Å². The van der Waals surface area contributed by atoms with Crippen LogP contribution in [-0.4, -0.2) is 13.2 Å². The molecule has 0 aliphatic heterocycles. The molecule has 6 heteroatoms. The first kappa shape index (κ1) is 19.2. The zero-order valence-corrected chi connectivity index (χ0v) is 15.7. The van der Waals surface area contributed by atoms with Gasteiger partial charge in [-0.3, -0.25) is 0 Å². The van der Waals surface area contributed by atoms with Crippen molar-refractivity contribution in [3.05, 3.63) is 57.6 Å². The maximum atomic E-state index is 6.17. The Kier molecular flexibility index (Phi) is 7.05. The van der Waals surface area contributed by atoms with Crippen LogP contribution in [0, 0.1) is 0 Å². The van der Waals surface area contributed by atoms with Gasteiger partial charge >= 0.3 is 0 Å². The Hall–Kier alpha value is -1.13. The Morgan fingerprint density at radius 1 is 1.08 bits per heavy atom. The fourth-order valence-corrected chi connectivity index (χ4v) is 2.82. The van der Waals surface area contributed by atoms with Gasteiger partial charge in [0, 0.05) is 28.2 Å². The number of methoxy groups -OCH3 is 1. The fraction of sp³-hybridized carbons (Fsp3) is 0.333. The van der Waals surface area contributed by atoms with E-state index in [4.69, 9.17) is 32.7 Å². The second-order valence-corrected chi connectivity index (χ2v) is 6.44. The monoisotopic (exact) mass is 387 g/mol. The normalized spacial score (nSPS) is 13.3. The van der Waals surface area contributed by atoms with Crippen LogP contribution >= 0.6 is 35.6 Å². The van der Waals surface area contributed by atoms with Crippen LogP contribution in [0.4, 0.5) is 0 Å². The number of ether oxygens (including phenoxy) is 2. The van der Waals surface area contributed by atoms with Crippen molar-refractivity contribution >= 4 is 35.6 Å². The maximum Gasteiger partial charge on any atom is 0.161 e. The molecule has 2 aromatic carbocycles. The van der Waals surface area contributed by atoms with Crippen LogP contribution in [0.2, 0.25) is 10.0 Å². The summed E-state index contributed by atoms with van der Waals surface area (Å²) < 4.78 is 11.3. The highest BCUT2D eigenvalue weighted by Crippen LogP contribution is 2.31. The highest BCUT2D eigenvalue weighted by Gasteiger charge is 2.20. The van der Waals surface area contributed by atoms with Crippen molar-refractivity contribution in [2.75, 3.05) is 7.11 Å². The van der Waals surface area contributed by atoms with Crippen molar-refractivity contribution in [1.29, 1.82) is 0 Å². The lowest BCUT2D eigenvalue weighted by Gasteiger charge is -2.14. The van der Waals surface area contributed by atoms with E-state index in [0.29, 0.717) is 34.2 Å². The van der Waals surface area contributed by atoms with E-state index >= 15 is 0 Å². The topological polar surface area (TPSA) is 30.5 Å². The van der Waals surface area contributed by atoms with Crippen LogP contribution in [0.25, 0.3) is 0 Å². The lowest BCUT2D eigenvalue weighted by Crippen LogP contribution is -2.15. The summed E-state index contributed by atoms with van der Waals surface area (Å²) in [5.41, 5.74) is 1.95. The van der Waals surface area contributed by atoms with Gasteiger partial charge in [0.25, 0.3) is 0 Å². The highest BCUT2D eigenvalue weighted by molar-refractivity contribution is 6.35. The van der Waals surface area contributed by atoms with E-state index in [-0.39, 0.29) is 12.4 Å². The van der Waals surface area contributed by atoms with Gasteiger partial charge < -0.3 is 14.8 Å². The molecule has 3 rings (SSSR count). The lowest BCUT2D eigenvalue weighted by atomic mass is 10.2. The molecular formula is C18H20Cl3NO2. The predicted molar refractivity (Wildman–Crippen MR) is 101 cm³/mol. The summed E-state index contributed by atoms with van der Waals surface area (Å²) >= 11 is 12.3. The van der Waals surface area contributed by atoms with E-state index in [1.807, 2.05) is 24.3 Å². The molecule has 130 valence electrons. The second kappa shape index (κ2) is 8.82. The molecular weight excluding hydrogens is 369 g/mol. The van der Waals surface area contributed by atoms with Crippen LogP contribution in [0.3, 0.4) is 0 Å². The number of halogens is 3. The zero-order valence-electron chi connectivity index (χ0n) is 13.4.